The Morgan fingerprint density at radius 3 is 2.53 bits per heavy atom. The number of ether oxygens (including phenoxy) is 1. The van der Waals surface area contributed by atoms with Gasteiger partial charge in [-0.25, -0.2) is 4.79 Å². The lowest BCUT2D eigenvalue weighted by Gasteiger charge is -2.02. The van der Waals surface area contributed by atoms with Crippen LogP contribution in [0.2, 0.25) is 0 Å². The van der Waals surface area contributed by atoms with Crippen LogP contribution in [0.15, 0.2) is 46.2 Å². The molecule has 0 spiro atoms. The molecule has 0 N–H and O–H groups in total. The molecule has 0 unspecified atom stereocenters. The first-order valence-electron chi connectivity index (χ1n) is 4.81. The molecule has 0 radical (unpaired) electrons. The number of hydrogen-bond donors (Lipinski definition) is 0. The summed E-state index contributed by atoms with van der Waals surface area (Å²) in [6.07, 6.45) is 1.13. The van der Waals surface area contributed by atoms with Crippen LogP contribution in [0.4, 0.5) is 0 Å². The quantitative estimate of drug-likeness (QED) is 0.752. The molecule has 0 bridgehead atoms. The number of benzene rings is 1. The SMILES string of the molecule is O=C(OCc1ccccc1)C1=NS(=O)(=O)C=C1. The molecule has 6 heteroatoms. The Morgan fingerprint density at radius 1 is 1.24 bits per heavy atom. The summed E-state index contributed by atoms with van der Waals surface area (Å²) in [6.45, 7) is 0.0899. The zero-order valence-electron chi connectivity index (χ0n) is 8.74. The number of carbonyl (C=O) groups excluding carboxylic acids is 1. The van der Waals surface area contributed by atoms with Gasteiger partial charge >= 0.3 is 5.97 Å². The van der Waals surface area contributed by atoms with E-state index in [0.29, 0.717) is 0 Å². The lowest BCUT2D eigenvalue weighted by atomic mass is 10.2. The summed E-state index contributed by atoms with van der Waals surface area (Å²) in [5.74, 6) is -0.744. The molecule has 0 amide bonds. The van der Waals surface area contributed by atoms with Crippen molar-refractivity contribution in [3.05, 3.63) is 47.4 Å². The van der Waals surface area contributed by atoms with Crippen LogP contribution in [0, 0.1) is 0 Å². The number of rotatable bonds is 3. The average molecular weight is 251 g/mol. The summed E-state index contributed by atoms with van der Waals surface area (Å²) in [4.78, 5) is 11.4. The zero-order valence-corrected chi connectivity index (χ0v) is 9.55. The molecule has 1 heterocycles. The number of hydrogen-bond acceptors (Lipinski definition) is 4. The maximum Gasteiger partial charge on any atom is 0.358 e. The standard InChI is InChI=1S/C11H9NO4S/c13-11(10-6-7-17(14,15)12-10)16-8-9-4-2-1-3-5-9/h1-7H,8H2. The molecule has 2 rings (SSSR count). The van der Waals surface area contributed by atoms with Gasteiger partial charge in [-0.05, 0) is 11.6 Å². The highest BCUT2D eigenvalue weighted by Crippen LogP contribution is 2.08. The summed E-state index contributed by atoms with van der Waals surface area (Å²) < 4.78 is 30.0. The number of carbonyl (C=O) groups is 1. The second kappa shape index (κ2) is 4.50. The van der Waals surface area contributed by atoms with Crippen molar-refractivity contribution in [1.29, 1.82) is 0 Å². The molecule has 1 aliphatic heterocycles. The first-order valence-corrected chi connectivity index (χ1v) is 6.31. The van der Waals surface area contributed by atoms with Crippen LogP contribution in [0.25, 0.3) is 0 Å². The molecule has 0 aliphatic carbocycles. The third-order valence-corrected chi connectivity index (χ3v) is 2.98. The van der Waals surface area contributed by atoms with Crippen molar-refractivity contribution in [1.82, 2.24) is 0 Å². The summed E-state index contributed by atoms with van der Waals surface area (Å²) in [5.41, 5.74) is 0.632. The topological polar surface area (TPSA) is 72.8 Å². The van der Waals surface area contributed by atoms with Gasteiger partial charge in [-0.15, -0.1) is 0 Å². The van der Waals surface area contributed by atoms with Crippen molar-refractivity contribution in [2.45, 2.75) is 6.61 Å². The normalized spacial score (nSPS) is 16.6. The fraction of sp³-hybridized carbons (Fsp3) is 0.0909. The average Bonchev–Trinajstić information content (AvgIpc) is 2.68. The van der Waals surface area contributed by atoms with E-state index in [4.69, 9.17) is 4.74 Å². The van der Waals surface area contributed by atoms with Crippen molar-refractivity contribution in [2.24, 2.45) is 4.40 Å². The van der Waals surface area contributed by atoms with Crippen LogP contribution < -0.4 is 0 Å². The predicted octanol–water partition coefficient (Wildman–Crippen LogP) is 1.03. The fourth-order valence-corrected chi connectivity index (χ4v) is 2.02. The molecule has 5 nitrogen and oxygen atoms in total. The molecular formula is C11H9NO4S. The van der Waals surface area contributed by atoms with Crippen molar-refractivity contribution in [3.8, 4) is 0 Å². The minimum Gasteiger partial charge on any atom is -0.456 e. The third-order valence-electron chi connectivity index (χ3n) is 2.05. The maximum absolute atomic E-state index is 11.4. The van der Waals surface area contributed by atoms with Crippen LogP contribution in [0.3, 0.4) is 0 Å². The van der Waals surface area contributed by atoms with Gasteiger partial charge in [0.1, 0.15) is 6.61 Å². The van der Waals surface area contributed by atoms with E-state index in [1.54, 1.807) is 12.1 Å². The van der Waals surface area contributed by atoms with Gasteiger partial charge in [-0.2, -0.15) is 12.8 Å². The van der Waals surface area contributed by atoms with Gasteiger partial charge in [0.15, 0.2) is 5.71 Å². The van der Waals surface area contributed by atoms with Crippen molar-refractivity contribution >= 4 is 21.7 Å². The molecular weight excluding hydrogens is 242 g/mol. The van der Waals surface area contributed by atoms with E-state index in [9.17, 15) is 13.2 Å². The van der Waals surface area contributed by atoms with E-state index in [1.807, 2.05) is 18.2 Å². The molecule has 0 atom stereocenters. The van der Waals surface area contributed by atoms with Crippen LogP contribution in [-0.2, 0) is 26.2 Å². The van der Waals surface area contributed by atoms with Gasteiger partial charge in [-0.1, -0.05) is 30.3 Å². The zero-order chi connectivity index (χ0) is 12.3. The second-order valence-corrected chi connectivity index (χ2v) is 4.84. The first kappa shape index (κ1) is 11.5. The van der Waals surface area contributed by atoms with Gasteiger partial charge in [0.25, 0.3) is 10.0 Å². The number of esters is 1. The summed E-state index contributed by atoms with van der Waals surface area (Å²) in [6, 6.07) is 9.09. The van der Waals surface area contributed by atoms with E-state index in [2.05, 4.69) is 4.40 Å². The number of sulfonamides is 1. The van der Waals surface area contributed by atoms with E-state index in [1.165, 1.54) is 0 Å². The van der Waals surface area contributed by atoms with Crippen molar-refractivity contribution < 1.29 is 17.9 Å². The minimum absolute atomic E-state index is 0.0899. The predicted molar refractivity (Wildman–Crippen MR) is 61.7 cm³/mol. The molecule has 1 aromatic rings. The van der Waals surface area contributed by atoms with Crippen molar-refractivity contribution in [3.63, 3.8) is 0 Å². The van der Waals surface area contributed by atoms with Gasteiger partial charge in [-0.3, -0.25) is 0 Å². The highest BCUT2D eigenvalue weighted by molar-refractivity contribution is 7.93. The Kier molecular flexibility index (Phi) is 3.06. The van der Waals surface area contributed by atoms with Crippen LogP contribution in [0.5, 0.6) is 0 Å². The highest BCUT2D eigenvalue weighted by Gasteiger charge is 2.20. The number of nitrogens with zero attached hydrogens (tertiary/aromatic N) is 1. The van der Waals surface area contributed by atoms with Crippen LogP contribution in [-0.4, -0.2) is 20.1 Å². The lowest BCUT2D eigenvalue weighted by molar-refractivity contribution is -0.136. The van der Waals surface area contributed by atoms with Crippen LogP contribution >= 0.6 is 0 Å². The third kappa shape index (κ3) is 3.01. The van der Waals surface area contributed by atoms with Crippen LogP contribution in [0.1, 0.15) is 5.56 Å². The maximum atomic E-state index is 11.4. The summed E-state index contributed by atoms with van der Waals surface area (Å²) >= 11 is 0. The Hall–Kier alpha value is -1.95. The van der Waals surface area contributed by atoms with Gasteiger partial charge in [0.2, 0.25) is 0 Å². The molecule has 1 aliphatic rings. The van der Waals surface area contributed by atoms with Gasteiger partial charge < -0.3 is 4.74 Å². The van der Waals surface area contributed by atoms with E-state index < -0.39 is 16.0 Å². The highest BCUT2D eigenvalue weighted by atomic mass is 32.2. The second-order valence-electron chi connectivity index (χ2n) is 3.36. The van der Waals surface area contributed by atoms with Gasteiger partial charge in [0, 0.05) is 0 Å². The molecule has 0 aromatic heterocycles. The largest absolute Gasteiger partial charge is 0.456 e. The molecule has 1 aromatic carbocycles. The van der Waals surface area contributed by atoms with E-state index in [0.717, 1.165) is 17.0 Å². The van der Waals surface area contributed by atoms with E-state index in [-0.39, 0.29) is 12.3 Å². The Morgan fingerprint density at radius 2 is 1.94 bits per heavy atom. The molecule has 0 saturated heterocycles. The lowest BCUT2D eigenvalue weighted by Crippen LogP contribution is -2.14. The smallest absolute Gasteiger partial charge is 0.358 e. The summed E-state index contributed by atoms with van der Waals surface area (Å²) in [7, 11) is -3.62. The minimum atomic E-state index is -3.62. The molecule has 17 heavy (non-hydrogen) atoms. The van der Waals surface area contributed by atoms with Gasteiger partial charge in [0.05, 0.1) is 5.41 Å². The Bertz CT molecular complexity index is 587. The fourth-order valence-electron chi connectivity index (χ4n) is 1.25. The monoisotopic (exact) mass is 251 g/mol. The Balaban J connectivity index is 1.98. The molecule has 88 valence electrons. The first-order chi connectivity index (χ1) is 8.07. The van der Waals surface area contributed by atoms with E-state index >= 15 is 0 Å². The molecule has 0 saturated carbocycles. The van der Waals surface area contributed by atoms with Crippen molar-refractivity contribution in [2.75, 3.05) is 0 Å². The molecule has 0 fully saturated rings. The summed E-state index contributed by atoms with van der Waals surface area (Å²) in [5, 5.41) is 0.867. The Labute approximate surface area is 98.5 Å².